The first-order valence-corrected chi connectivity index (χ1v) is 9.59. The van der Waals surface area contributed by atoms with Crippen LogP contribution in [0.5, 0.6) is 11.5 Å². The third-order valence-electron chi connectivity index (χ3n) is 4.82. The predicted molar refractivity (Wildman–Crippen MR) is 93.4 cm³/mol. The second kappa shape index (κ2) is 9.81. The van der Waals surface area contributed by atoms with Gasteiger partial charge in [-0.15, -0.1) is 0 Å². The molecular weight excluding hydrogens is 615 g/mol. The van der Waals surface area contributed by atoms with Crippen molar-refractivity contribution in [3.63, 3.8) is 0 Å². The Balaban J connectivity index is 3.89. The van der Waals surface area contributed by atoms with Gasteiger partial charge in [0.05, 0.1) is 0 Å². The number of alkyl halides is 17. The van der Waals surface area contributed by atoms with Crippen LogP contribution in [0.1, 0.15) is 25.0 Å². The molecule has 0 amide bonds. The largest absolute Gasteiger partial charge is 0.460 e. The minimum atomic E-state index is -8.76. The lowest BCUT2D eigenvalue weighted by molar-refractivity contribution is -0.462. The Kier molecular flexibility index (Phi) is 8.58. The topological polar surface area (TPSA) is 52.6 Å². The van der Waals surface area contributed by atoms with Crippen LogP contribution >= 0.6 is 0 Å². The monoisotopic (exact) mass is 626 g/mol. The van der Waals surface area contributed by atoms with Crippen molar-refractivity contribution in [2.24, 2.45) is 0 Å². The first-order valence-electron chi connectivity index (χ1n) is 9.59. The van der Waals surface area contributed by atoms with Crippen molar-refractivity contribution in [1.82, 2.24) is 0 Å². The summed E-state index contributed by atoms with van der Waals surface area (Å²) >= 11 is 0. The second-order valence-corrected chi connectivity index (χ2v) is 7.83. The Labute approximate surface area is 210 Å². The minimum Gasteiger partial charge on any atom is -0.423 e. The van der Waals surface area contributed by atoms with Gasteiger partial charge in [0.1, 0.15) is 0 Å². The van der Waals surface area contributed by atoms with E-state index >= 15 is 0 Å². The van der Waals surface area contributed by atoms with Gasteiger partial charge >= 0.3 is 59.6 Å². The van der Waals surface area contributed by atoms with Crippen LogP contribution in [0.15, 0.2) is 12.1 Å². The number of esters is 2. The average Bonchev–Trinajstić information content (AvgIpc) is 2.73. The first kappa shape index (κ1) is 35.0. The summed E-state index contributed by atoms with van der Waals surface area (Å²) in [6, 6.07) is -0.864. The van der Waals surface area contributed by atoms with Crippen molar-refractivity contribution in [2.75, 3.05) is 0 Å². The summed E-state index contributed by atoms with van der Waals surface area (Å²) in [5, 5.41) is 0. The van der Waals surface area contributed by atoms with Crippen LogP contribution in [0.3, 0.4) is 0 Å². The number of carbonyl (C=O) groups is 2. The number of rotatable bonds is 9. The van der Waals surface area contributed by atoms with Crippen LogP contribution in [-0.4, -0.2) is 53.7 Å². The van der Waals surface area contributed by atoms with Crippen molar-refractivity contribution in [2.45, 2.75) is 68.4 Å². The van der Waals surface area contributed by atoms with Crippen LogP contribution in [0.4, 0.5) is 74.6 Å². The van der Waals surface area contributed by atoms with Gasteiger partial charge in [0.15, 0.2) is 11.5 Å². The maximum Gasteiger partial charge on any atom is 0.460 e. The summed E-state index contributed by atoms with van der Waals surface area (Å²) in [5.74, 6) is -63.1. The van der Waals surface area contributed by atoms with E-state index < -0.39 is 88.3 Å². The highest BCUT2D eigenvalue weighted by Crippen LogP contribution is 2.65. The fraction of sp³-hybridized carbons (Fsp3) is 0.579. The van der Waals surface area contributed by atoms with E-state index in [2.05, 4.69) is 9.47 Å². The highest BCUT2D eigenvalue weighted by molar-refractivity contribution is 5.74. The number of hydrogen-bond donors (Lipinski definition) is 0. The van der Waals surface area contributed by atoms with Gasteiger partial charge in [0, 0.05) is 19.4 Å². The van der Waals surface area contributed by atoms with Crippen LogP contribution in [-0.2, 0) is 15.5 Å². The molecule has 0 heterocycles. The molecule has 4 nitrogen and oxygen atoms in total. The maximum atomic E-state index is 14.6. The zero-order valence-corrected chi connectivity index (χ0v) is 19.2. The Morgan fingerprint density at radius 3 is 1.25 bits per heavy atom. The van der Waals surface area contributed by atoms with Crippen molar-refractivity contribution in [1.29, 1.82) is 0 Å². The highest BCUT2D eigenvalue weighted by atomic mass is 19.4. The number of benzene rings is 1. The van der Waals surface area contributed by atoms with Crippen molar-refractivity contribution in [3.05, 3.63) is 23.3 Å². The quantitative estimate of drug-likeness (QED) is 0.164. The van der Waals surface area contributed by atoms with Gasteiger partial charge in [-0.2, -0.15) is 74.6 Å². The Morgan fingerprint density at radius 2 is 0.900 bits per heavy atom. The maximum absolute atomic E-state index is 14.6. The Morgan fingerprint density at radius 1 is 0.550 bits per heavy atom. The zero-order valence-electron chi connectivity index (χ0n) is 19.2. The lowest BCUT2D eigenvalue weighted by atomic mass is 9.87. The molecule has 0 saturated carbocycles. The molecule has 0 fully saturated rings. The molecule has 0 N–H and O–H groups in total. The van der Waals surface area contributed by atoms with Gasteiger partial charge in [0.25, 0.3) is 0 Å². The summed E-state index contributed by atoms with van der Waals surface area (Å²) in [7, 11) is 0. The zero-order chi connectivity index (χ0) is 32.3. The van der Waals surface area contributed by atoms with E-state index in [4.69, 9.17) is 0 Å². The van der Waals surface area contributed by atoms with Gasteiger partial charge in [-0.05, 0) is 24.6 Å². The first-order chi connectivity index (χ1) is 17.4. The molecule has 0 saturated heterocycles. The molecule has 0 aliphatic heterocycles. The van der Waals surface area contributed by atoms with Crippen LogP contribution in [0, 0.1) is 6.92 Å². The summed E-state index contributed by atoms with van der Waals surface area (Å²) < 4.78 is 238. The lowest BCUT2D eigenvalue weighted by Crippen LogP contribution is -2.74. The van der Waals surface area contributed by atoms with E-state index in [9.17, 15) is 84.2 Å². The molecule has 0 bridgehead atoms. The van der Waals surface area contributed by atoms with Crippen molar-refractivity contribution >= 4 is 11.9 Å². The molecule has 0 spiro atoms. The summed E-state index contributed by atoms with van der Waals surface area (Å²) in [6.07, 6.45) is -7.86. The third-order valence-corrected chi connectivity index (χ3v) is 4.82. The predicted octanol–water partition coefficient (Wildman–Crippen LogP) is 7.31. The van der Waals surface area contributed by atoms with Gasteiger partial charge in [0.2, 0.25) is 0 Å². The molecule has 0 aliphatic rings. The van der Waals surface area contributed by atoms with E-state index in [-0.39, 0.29) is 6.07 Å². The van der Waals surface area contributed by atoms with E-state index in [1.165, 1.54) is 0 Å². The molecule has 0 unspecified atom stereocenters. The molecule has 0 aromatic heterocycles. The third kappa shape index (κ3) is 4.99. The fourth-order valence-electron chi connectivity index (χ4n) is 2.77. The number of aryl methyl sites for hydroxylation is 1. The number of halogens is 17. The molecule has 21 heteroatoms. The normalized spacial score (nSPS) is 14.7. The molecule has 0 radical (unpaired) electrons. The molecule has 40 heavy (non-hydrogen) atoms. The average molecular weight is 626 g/mol. The number of hydrogen-bond acceptors (Lipinski definition) is 4. The van der Waals surface area contributed by atoms with Crippen LogP contribution in [0.25, 0.3) is 0 Å². The lowest BCUT2D eigenvalue weighted by Gasteiger charge is -2.42. The standard InChI is InChI=1S/C19H11F17O4/c1-6-4-9(5-10(39-7(2)37)11(6)40-8(3)38)12(20,21)13(22,23)14(24,25)15(26,27)16(28,29)17(30,31)18(32,33)19(34,35)36/h4-5H,1-3H3. The van der Waals surface area contributed by atoms with Gasteiger partial charge in [-0.25, -0.2) is 0 Å². The number of ether oxygens (including phenoxy) is 2. The molecule has 1 rings (SSSR count). The van der Waals surface area contributed by atoms with E-state index in [1.54, 1.807) is 0 Å². The molecular formula is C19H11F17O4. The highest BCUT2D eigenvalue weighted by Gasteiger charge is 2.95. The van der Waals surface area contributed by atoms with Crippen LogP contribution in [0.2, 0.25) is 0 Å². The number of carbonyl (C=O) groups excluding carboxylic acids is 2. The summed E-state index contributed by atoms with van der Waals surface area (Å²) in [6.45, 7) is 1.73. The molecule has 1 aromatic carbocycles. The second-order valence-electron chi connectivity index (χ2n) is 7.83. The molecule has 0 atom stereocenters. The van der Waals surface area contributed by atoms with Gasteiger partial charge in [-0.1, -0.05) is 0 Å². The molecule has 230 valence electrons. The van der Waals surface area contributed by atoms with Gasteiger partial charge < -0.3 is 9.47 Å². The smallest absolute Gasteiger partial charge is 0.423 e. The fourth-order valence-corrected chi connectivity index (χ4v) is 2.77. The van der Waals surface area contributed by atoms with Crippen LogP contribution < -0.4 is 9.47 Å². The molecule has 0 aliphatic carbocycles. The van der Waals surface area contributed by atoms with E-state index in [0.29, 0.717) is 20.8 Å². The Bertz CT molecular complexity index is 1150. The summed E-state index contributed by atoms with van der Waals surface area (Å²) in [5.41, 5.74) is -3.59. The van der Waals surface area contributed by atoms with E-state index in [1.807, 2.05) is 0 Å². The SMILES string of the molecule is CC(=O)Oc1cc(C(F)(F)C(F)(F)C(F)(F)C(F)(F)C(F)(F)C(F)(F)C(F)(F)C(F)(F)F)cc(C)c1OC(C)=O. The summed E-state index contributed by atoms with van der Waals surface area (Å²) in [4.78, 5) is 22.3. The molecule has 1 aromatic rings. The Hall–Kier alpha value is -3.03. The van der Waals surface area contributed by atoms with E-state index in [0.717, 1.165) is 0 Å². The minimum absolute atomic E-state index is 0.335. The van der Waals surface area contributed by atoms with Crippen molar-refractivity contribution < 1.29 is 93.7 Å². The van der Waals surface area contributed by atoms with Gasteiger partial charge in [-0.3, -0.25) is 9.59 Å². The van der Waals surface area contributed by atoms with Crippen molar-refractivity contribution in [3.8, 4) is 11.5 Å².